The molecule has 0 radical (unpaired) electrons. The van der Waals surface area contributed by atoms with Gasteiger partial charge in [0.15, 0.2) is 0 Å². The molecule has 2 heterocycles. The lowest BCUT2D eigenvalue weighted by Gasteiger charge is -2.05. The van der Waals surface area contributed by atoms with Gasteiger partial charge in [-0.1, -0.05) is 36.4 Å². The first-order valence-electron chi connectivity index (χ1n) is 6.07. The summed E-state index contributed by atoms with van der Waals surface area (Å²) < 4.78 is 0. The summed E-state index contributed by atoms with van der Waals surface area (Å²) in [6, 6.07) is 12.7. The number of nitrogens with one attached hydrogen (secondary N) is 2. The first kappa shape index (κ1) is 9.54. The van der Waals surface area contributed by atoms with Crippen LogP contribution in [0.3, 0.4) is 0 Å². The van der Waals surface area contributed by atoms with Gasteiger partial charge in [-0.05, 0) is 18.2 Å². The molecule has 1 aromatic heterocycles. The molecule has 2 aromatic carbocycles. The van der Waals surface area contributed by atoms with Gasteiger partial charge in [0, 0.05) is 33.7 Å². The van der Waals surface area contributed by atoms with Gasteiger partial charge >= 0.3 is 0 Å². The minimum atomic E-state index is 1.14. The van der Waals surface area contributed by atoms with Gasteiger partial charge in [-0.15, -0.1) is 0 Å². The maximum absolute atomic E-state index is 3.51. The Morgan fingerprint density at radius 3 is 2.78 bits per heavy atom. The predicted molar refractivity (Wildman–Crippen MR) is 77.6 cm³/mol. The van der Waals surface area contributed by atoms with Crippen molar-refractivity contribution >= 4 is 33.6 Å². The van der Waals surface area contributed by atoms with Gasteiger partial charge in [0.25, 0.3) is 0 Å². The Bertz CT molecular complexity index is 806. The highest BCUT2D eigenvalue weighted by Gasteiger charge is 2.10. The molecule has 0 amide bonds. The highest BCUT2D eigenvalue weighted by atomic mass is 14.8. The van der Waals surface area contributed by atoms with E-state index in [4.69, 9.17) is 0 Å². The lowest BCUT2D eigenvalue weighted by Crippen LogP contribution is -1.89. The standard InChI is InChI=1S/C16H12N2/c1-2-7-15-11(5-1)12-8-9-14-13(16(12)18-15)6-3-4-10-17-14/h1-10,17-18H. The zero-order valence-electron chi connectivity index (χ0n) is 9.77. The normalized spacial score (nSPS) is 13.6. The third kappa shape index (κ3) is 1.23. The molecular weight excluding hydrogens is 220 g/mol. The molecular formula is C16H12N2. The number of aromatic amines is 1. The van der Waals surface area contributed by atoms with E-state index in [-0.39, 0.29) is 0 Å². The molecule has 0 saturated carbocycles. The summed E-state index contributed by atoms with van der Waals surface area (Å²) in [4.78, 5) is 3.51. The van der Waals surface area contributed by atoms with E-state index in [9.17, 15) is 0 Å². The number of H-pyrrole nitrogens is 1. The van der Waals surface area contributed by atoms with E-state index < -0.39 is 0 Å². The van der Waals surface area contributed by atoms with Gasteiger partial charge in [-0.2, -0.15) is 0 Å². The molecule has 0 unspecified atom stereocenters. The number of aromatic nitrogens is 1. The molecule has 1 aliphatic heterocycles. The zero-order chi connectivity index (χ0) is 11.9. The summed E-state index contributed by atoms with van der Waals surface area (Å²) >= 11 is 0. The van der Waals surface area contributed by atoms with Crippen LogP contribution in [-0.4, -0.2) is 4.98 Å². The van der Waals surface area contributed by atoms with Crippen LogP contribution in [0.1, 0.15) is 5.56 Å². The van der Waals surface area contributed by atoms with E-state index in [0.717, 1.165) is 5.69 Å². The summed E-state index contributed by atoms with van der Waals surface area (Å²) in [6.07, 6.45) is 8.17. The quantitative estimate of drug-likeness (QED) is 0.595. The van der Waals surface area contributed by atoms with Crippen molar-refractivity contribution in [1.82, 2.24) is 4.98 Å². The molecule has 0 aliphatic carbocycles. The van der Waals surface area contributed by atoms with Crippen molar-refractivity contribution in [3.05, 3.63) is 60.3 Å². The largest absolute Gasteiger partial charge is 0.361 e. The van der Waals surface area contributed by atoms with Crippen molar-refractivity contribution in [3.8, 4) is 0 Å². The minimum absolute atomic E-state index is 1.14. The second-order valence-corrected chi connectivity index (χ2v) is 4.48. The van der Waals surface area contributed by atoms with Crippen LogP contribution in [0.4, 0.5) is 5.69 Å². The number of para-hydroxylation sites is 1. The van der Waals surface area contributed by atoms with Crippen molar-refractivity contribution in [2.45, 2.75) is 0 Å². The molecule has 1 aliphatic rings. The van der Waals surface area contributed by atoms with Crippen molar-refractivity contribution in [3.63, 3.8) is 0 Å². The summed E-state index contributed by atoms with van der Waals surface area (Å²) in [5.74, 6) is 0. The van der Waals surface area contributed by atoms with Gasteiger partial charge in [-0.3, -0.25) is 0 Å². The van der Waals surface area contributed by atoms with Crippen LogP contribution in [0.25, 0.3) is 27.9 Å². The van der Waals surface area contributed by atoms with Crippen LogP contribution < -0.4 is 5.32 Å². The Balaban J connectivity index is 2.17. The minimum Gasteiger partial charge on any atom is -0.361 e. The fourth-order valence-electron chi connectivity index (χ4n) is 2.58. The zero-order valence-corrected chi connectivity index (χ0v) is 9.77. The molecule has 3 aromatic rings. The Kier molecular flexibility index (Phi) is 1.86. The average molecular weight is 232 g/mol. The van der Waals surface area contributed by atoms with Crippen LogP contribution in [-0.2, 0) is 0 Å². The lowest BCUT2D eigenvalue weighted by atomic mass is 10.1. The number of benzene rings is 2. The first-order valence-corrected chi connectivity index (χ1v) is 6.07. The summed E-state index contributed by atoms with van der Waals surface area (Å²) in [5, 5.41) is 5.85. The van der Waals surface area contributed by atoms with Gasteiger partial charge in [-0.25, -0.2) is 0 Å². The fourth-order valence-corrected chi connectivity index (χ4v) is 2.58. The molecule has 2 nitrogen and oxygen atoms in total. The number of hydrogen-bond donors (Lipinski definition) is 2. The Morgan fingerprint density at radius 1 is 0.833 bits per heavy atom. The third-order valence-corrected chi connectivity index (χ3v) is 3.43. The van der Waals surface area contributed by atoms with Crippen molar-refractivity contribution < 1.29 is 0 Å². The summed E-state index contributed by atoms with van der Waals surface area (Å²) in [5.41, 5.74) is 4.74. The van der Waals surface area contributed by atoms with Crippen LogP contribution in [0, 0.1) is 0 Å². The number of anilines is 1. The second kappa shape index (κ2) is 3.50. The SMILES string of the molecule is C1=CNc2ccc3c([nH]c4ccccc43)c2C=C1. The fraction of sp³-hybridized carbons (Fsp3) is 0. The second-order valence-electron chi connectivity index (χ2n) is 4.48. The summed E-state index contributed by atoms with van der Waals surface area (Å²) in [6.45, 7) is 0. The molecule has 0 atom stereocenters. The van der Waals surface area contributed by atoms with Gasteiger partial charge < -0.3 is 10.3 Å². The van der Waals surface area contributed by atoms with E-state index in [1.807, 2.05) is 12.3 Å². The monoisotopic (exact) mass is 232 g/mol. The number of rotatable bonds is 0. The van der Waals surface area contributed by atoms with Crippen LogP contribution in [0.5, 0.6) is 0 Å². The van der Waals surface area contributed by atoms with E-state index in [1.54, 1.807) is 0 Å². The maximum atomic E-state index is 3.51. The van der Waals surface area contributed by atoms with Gasteiger partial charge in [0.2, 0.25) is 0 Å². The first-order chi connectivity index (χ1) is 8.93. The van der Waals surface area contributed by atoms with Gasteiger partial charge in [0.1, 0.15) is 0 Å². The average Bonchev–Trinajstić information content (AvgIpc) is 2.62. The molecule has 0 saturated heterocycles. The predicted octanol–water partition coefficient (Wildman–Crippen LogP) is 4.27. The highest BCUT2D eigenvalue weighted by molar-refractivity contribution is 6.11. The molecule has 2 N–H and O–H groups in total. The molecule has 18 heavy (non-hydrogen) atoms. The Labute approximate surface area is 105 Å². The van der Waals surface area contributed by atoms with E-state index in [0.29, 0.717) is 0 Å². The Morgan fingerprint density at radius 2 is 1.78 bits per heavy atom. The molecule has 0 fully saturated rings. The molecule has 4 rings (SSSR count). The molecule has 2 heteroatoms. The Hall–Kier alpha value is -2.48. The van der Waals surface area contributed by atoms with Crippen molar-refractivity contribution in [2.24, 2.45) is 0 Å². The van der Waals surface area contributed by atoms with Crippen LogP contribution in [0.15, 0.2) is 54.8 Å². The van der Waals surface area contributed by atoms with E-state index in [2.05, 4.69) is 58.9 Å². The summed E-state index contributed by atoms with van der Waals surface area (Å²) in [7, 11) is 0. The van der Waals surface area contributed by atoms with Crippen LogP contribution in [0.2, 0.25) is 0 Å². The van der Waals surface area contributed by atoms with E-state index in [1.165, 1.54) is 27.4 Å². The van der Waals surface area contributed by atoms with Crippen molar-refractivity contribution in [1.29, 1.82) is 0 Å². The lowest BCUT2D eigenvalue weighted by molar-refractivity contribution is 1.52. The van der Waals surface area contributed by atoms with Crippen molar-refractivity contribution in [2.75, 3.05) is 5.32 Å². The highest BCUT2D eigenvalue weighted by Crippen LogP contribution is 2.33. The third-order valence-electron chi connectivity index (χ3n) is 3.43. The number of fused-ring (bicyclic) bond motifs is 5. The molecule has 86 valence electrons. The van der Waals surface area contributed by atoms with E-state index >= 15 is 0 Å². The molecule has 0 spiro atoms. The topological polar surface area (TPSA) is 27.8 Å². The number of allylic oxidation sites excluding steroid dienone is 2. The van der Waals surface area contributed by atoms with Crippen LogP contribution >= 0.6 is 0 Å². The van der Waals surface area contributed by atoms with Gasteiger partial charge in [0.05, 0.1) is 5.52 Å². The molecule has 0 bridgehead atoms. The number of hydrogen-bond acceptors (Lipinski definition) is 1. The maximum Gasteiger partial charge on any atom is 0.0559 e. The smallest absolute Gasteiger partial charge is 0.0559 e.